The van der Waals surface area contributed by atoms with Gasteiger partial charge in [-0.3, -0.25) is 0 Å². The van der Waals surface area contributed by atoms with Crippen molar-refractivity contribution in [3.63, 3.8) is 0 Å². The first-order valence-electron chi connectivity index (χ1n) is 4.55. The van der Waals surface area contributed by atoms with E-state index in [0.29, 0.717) is 5.56 Å². The molecule has 0 saturated carbocycles. The summed E-state index contributed by atoms with van der Waals surface area (Å²) in [5, 5.41) is 7.73. The average Bonchev–Trinajstić information content (AvgIpc) is 2.19. The molecule has 1 aromatic rings. The van der Waals surface area contributed by atoms with E-state index < -0.39 is 15.3 Å². The standard InChI is InChI=1S/C10H12N2O2S/c1-2-12-15(13,14)10(8-11)9-6-4-3-5-7-9/h3-7,10,12H,2H2,1H3. The van der Waals surface area contributed by atoms with Crippen LogP contribution < -0.4 is 4.72 Å². The minimum Gasteiger partial charge on any atom is -0.214 e. The fourth-order valence-corrected chi connectivity index (χ4v) is 2.46. The molecule has 0 saturated heterocycles. The first-order valence-corrected chi connectivity index (χ1v) is 6.09. The Balaban J connectivity index is 3.07. The smallest absolute Gasteiger partial charge is 0.214 e. The Hall–Kier alpha value is -1.38. The van der Waals surface area contributed by atoms with Crippen molar-refractivity contribution in [1.29, 1.82) is 5.26 Å². The van der Waals surface area contributed by atoms with Gasteiger partial charge in [0.15, 0.2) is 5.25 Å². The van der Waals surface area contributed by atoms with Crippen LogP contribution in [-0.2, 0) is 10.0 Å². The van der Waals surface area contributed by atoms with Gasteiger partial charge in [-0.2, -0.15) is 5.26 Å². The highest BCUT2D eigenvalue weighted by atomic mass is 32.2. The summed E-state index contributed by atoms with van der Waals surface area (Å²) in [6, 6.07) is 10.2. The fourth-order valence-electron chi connectivity index (χ4n) is 1.24. The molecule has 0 aliphatic carbocycles. The second-order valence-corrected chi connectivity index (χ2v) is 4.81. The van der Waals surface area contributed by atoms with Crippen molar-refractivity contribution in [3.05, 3.63) is 35.9 Å². The number of hydrogen-bond donors (Lipinski definition) is 1. The molecule has 1 N–H and O–H groups in total. The Morgan fingerprint density at radius 3 is 2.47 bits per heavy atom. The molecule has 1 aromatic carbocycles. The maximum Gasteiger partial charge on any atom is 0.232 e. The largest absolute Gasteiger partial charge is 0.232 e. The third kappa shape index (κ3) is 2.78. The number of nitrogens with zero attached hydrogens (tertiary/aromatic N) is 1. The van der Waals surface area contributed by atoms with E-state index in [1.165, 1.54) is 0 Å². The minimum absolute atomic E-state index is 0.285. The van der Waals surface area contributed by atoms with Gasteiger partial charge in [-0.05, 0) is 5.56 Å². The van der Waals surface area contributed by atoms with Crippen molar-refractivity contribution in [2.45, 2.75) is 12.2 Å². The Bertz CT molecular complexity index is 448. The first-order chi connectivity index (χ1) is 7.11. The van der Waals surface area contributed by atoms with Crippen molar-refractivity contribution in [1.82, 2.24) is 4.72 Å². The van der Waals surface area contributed by atoms with Gasteiger partial charge >= 0.3 is 0 Å². The number of nitriles is 1. The van der Waals surface area contributed by atoms with Crippen LogP contribution in [0.25, 0.3) is 0 Å². The lowest BCUT2D eigenvalue weighted by molar-refractivity contribution is 0.578. The summed E-state index contributed by atoms with van der Waals surface area (Å²) in [6.45, 7) is 1.96. The Kier molecular flexibility index (Phi) is 3.83. The molecule has 1 rings (SSSR count). The normalized spacial score (nSPS) is 13.1. The molecular formula is C10H12N2O2S. The average molecular weight is 224 g/mol. The Morgan fingerprint density at radius 1 is 1.40 bits per heavy atom. The molecule has 0 aliphatic rings. The first kappa shape index (κ1) is 11.7. The predicted octanol–water partition coefficient (Wildman–Crippen LogP) is 1.19. The summed E-state index contributed by atoms with van der Waals surface area (Å²) >= 11 is 0. The van der Waals surface area contributed by atoms with E-state index in [9.17, 15) is 8.42 Å². The van der Waals surface area contributed by atoms with Crippen LogP contribution in [0.4, 0.5) is 0 Å². The molecule has 5 heteroatoms. The number of hydrogen-bond acceptors (Lipinski definition) is 3. The van der Waals surface area contributed by atoms with Crippen LogP contribution in [0.15, 0.2) is 30.3 Å². The third-order valence-corrected chi connectivity index (χ3v) is 3.56. The van der Waals surface area contributed by atoms with Gasteiger partial charge < -0.3 is 0 Å². The van der Waals surface area contributed by atoms with E-state index in [1.54, 1.807) is 43.3 Å². The summed E-state index contributed by atoms with van der Waals surface area (Å²) in [7, 11) is -3.59. The van der Waals surface area contributed by atoms with Crippen LogP contribution in [0, 0.1) is 11.3 Å². The molecule has 1 atom stereocenters. The van der Waals surface area contributed by atoms with Crippen LogP contribution in [0.3, 0.4) is 0 Å². The van der Waals surface area contributed by atoms with Gasteiger partial charge in [0.1, 0.15) is 0 Å². The second kappa shape index (κ2) is 4.91. The van der Waals surface area contributed by atoms with E-state index >= 15 is 0 Å². The zero-order valence-corrected chi connectivity index (χ0v) is 9.16. The van der Waals surface area contributed by atoms with Gasteiger partial charge in [-0.15, -0.1) is 0 Å². The predicted molar refractivity (Wildman–Crippen MR) is 57.4 cm³/mol. The highest BCUT2D eigenvalue weighted by Gasteiger charge is 2.25. The molecule has 0 radical (unpaired) electrons. The van der Waals surface area contributed by atoms with Crippen LogP contribution in [-0.4, -0.2) is 15.0 Å². The molecule has 15 heavy (non-hydrogen) atoms. The fraction of sp³-hybridized carbons (Fsp3) is 0.300. The minimum atomic E-state index is -3.59. The second-order valence-electron chi connectivity index (χ2n) is 2.96. The maximum absolute atomic E-state index is 11.6. The van der Waals surface area contributed by atoms with Crippen molar-refractivity contribution in [2.75, 3.05) is 6.54 Å². The van der Waals surface area contributed by atoms with Gasteiger partial charge in [-0.25, -0.2) is 13.1 Å². The van der Waals surface area contributed by atoms with Crippen molar-refractivity contribution in [2.24, 2.45) is 0 Å². The lowest BCUT2D eigenvalue weighted by atomic mass is 10.2. The topological polar surface area (TPSA) is 70.0 Å². The van der Waals surface area contributed by atoms with Crippen LogP contribution in [0.1, 0.15) is 17.7 Å². The monoisotopic (exact) mass is 224 g/mol. The highest BCUT2D eigenvalue weighted by Crippen LogP contribution is 2.19. The maximum atomic E-state index is 11.6. The van der Waals surface area contributed by atoms with Gasteiger partial charge in [0.25, 0.3) is 0 Å². The van der Waals surface area contributed by atoms with E-state index in [1.807, 2.05) is 0 Å². The SMILES string of the molecule is CCNS(=O)(=O)C(C#N)c1ccccc1. The molecule has 1 unspecified atom stereocenters. The summed E-state index contributed by atoms with van der Waals surface area (Å²) < 4.78 is 25.6. The van der Waals surface area contributed by atoms with E-state index in [4.69, 9.17) is 5.26 Å². The zero-order chi connectivity index (χ0) is 11.3. The van der Waals surface area contributed by atoms with Crippen LogP contribution in [0.2, 0.25) is 0 Å². The van der Waals surface area contributed by atoms with Gasteiger partial charge in [0.05, 0.1) is 6.07 Å². The van der Waals surface area contributed by atoms with Crippen molar-refractivity contribution in [3.8, 4) is 6.07 Å². The molecule has 0 aliphatic heterocycles. The zero-order valence-electron chi connectivity index (χ0n) is 8.34. The number of benzene rings is 1. The van der Waals surface area contributed by atoms with Gasteiger partial charge in [0, 0.05) is 6.54 Å². The molecule has 80 valence electrons. The highest BCUT2D eigenvalue weighted by molar-refractivity contribution is 7.90. The molecule has 0 spiro atoms. The lowest BCUT2D eigenvalue weighted by Crippen LogP contribution is -2.28. The van der Waals surface area contributed by atoms with Crippen LogP contribution >= 0.6 is 0 Å². The van der Waals surface area contributed by atoms with Gasteiger partial charge in [-0.1, -0.05) is 37.3 Å². The quantitative estimate of drug-likeness (QED) is 0.835. The Labute approximate surface area is 89.6 Å². The number of nitrogens with one attached hydrogen (secondary N) is 1. The molecule has 0 fully saturated rings. The number of rotatable bonds is 4. The summed E-state index contributed by atoms with van der Waals surface area (Å²) in [5.74, 6) is 0. The molecule has 4 nitrogen and oxygen atoms in total. The van der Waals surface area contributed by atoms with Crippen molar-refractivity contribution < 1.29 is 8.42 Å². The summed E-state index contributed by atoms with van der Waals surface area (Å²) in [4.78, 5) is 0. The van der Waals surface area contributed by atoms with Crippen LogP contribution in [0.5, 0.6) is 0 Å². The summed E-state index contributed by atoms with van der Waals surface area (Å²) in [5.41, 5.74) is 0.487. The van der Waals surface area contributed by atoms with E-state index in [2.05, 4.69) is 4.72 Å². The Morgan fingerprint density at radius 2 is 2.00 bits per heavy atom. The lowest BCUT2D eigenvalue weighted by Gasteiger charge is -2.10. The van der Waals surface area contributed by atoms with E-state index in [0.717, 1.165) is 0 Å². The summed E-state index contributed by atoms with van der Waals surface area (Å²) in [6.07, 6.45) is 0. The molecule has 0 amide bonds. The molecular weight excluding hydrogens is 212 g/mol. The number of sulfonamides is 1. The molecule has 0 bridgehead atoms. The van der Waals surface area contributed by atoms with E-state index in [-0.39, 0.29) is 6.54 Å². The van der Waals surface area contributed by atoms with Crippen molar-refractivity contribution >= 4 is 10.0 Å². The molecule has 0 aromatic heterocycles. The molecule has 0 heterocycles. The van der Waals surface area contributed by atoms with Gasteiger partial charge in [0.2, 0.25) is 10.0 Å². The third-order valence-electron chi connectivity index (χ3n) is 1.88.